The Balaban J connectivity index is 3.30. The molecule has 0 heterocycles. The Hall–Kier alpha value is -1.83. The van der Waals surface area contributed by atoms with Gasteiger partial charge in [0, 0.05) is 5.56 Å². The number of hydrogen-bond acceptors (Lipinski definition) is 5. The zero-order chi connectivity index (χ0) is 18.9. The predicted molar refractivity (Wildman–Crippen MR) is 65.8 cm³/mol. The number of aliphatic hydroxyl groups excluding tert-OH is 1. The maximum atomic E-state index is 13.3. The molecular weight excluding hydrogens is 371 g/mol. The molecular formula is C11H9F5O7S. The molecule has 24 heavy (non-hydrogen) atoms. The summed E-state index contributed by atoms with van der Waals surface area (Å²) in [7, 11) is -6.54. The van der Waals surface area contributed by atoms with Crippen LogP contribution in [-0.2, 0) is 14.9 Å². The average molecular weight is 380 g/mol. The maximum absolute atomic E-state index is 13.3. The first-order valence-corrected chi connectivity index (χ1v) is 7.21. The van der Waals surface area contributed by atoms with Gasteiger partial charge in [-0.05, 0) is 6.07 Å². The number of alkyl halides is 5. The van der Waals surface area contributed by atoms with E-state index in [0.717, 1.165) is 24.3 Å². The molecule has 7 nitrogen and oxygen atoms in total. The summed E-state index contributed by atoms with van der Waals surface area (Å²) >= 11 is 0. The number of carboxylic acids is 1. The van der Waals surface area contributed by atoms with Gasteiger partial charge in [0.05, 0.1) is 5.56 Å². The van der Waals surface area contributed by atoms with Gasteiger partial charge in [-0.3, -0.25) is 4.55 Å². The first-order valence-electron chi connectivity index (χ1n) is 5.77. The molecule has 0 saturated heterocycles. The molecule has 1 aromatic carbocycles. The van der Waals surface area contributed by atoms with E-state index in [2.05, 4.69) is 4.74 Å². The van der Waals surface area contributed by atoms with E-state index in [0.29, 0.717) is 0 Å². The monoisotopic (exact) mass is 380 g/mol. The molecule has 2 unspecified atom stereocenters. The van der Waals surface area contributed by atoms with Crippen LogP contribution in [0.3, 0.4) is 0 Å². The van der Waals surface area contributed by atoms with Crippen molar-refractivity contribution in [3.05, 3.63) is 35.4 Å². The van der Waals surface area contributed by atoms with Gasteiger partial charge >= 0.3 is 27.5 Å². The third kappa shape index (κ3) is 4.17. The first kappa shape index (κ1) is 20.2. The minimum Gasteiger partial charge on any atom is -0.478 e. The summed E-state index contributed by atoms with van der Waals surface area (Å²) in [6, 6.07) is 3.81. The first-order chi connectivity index (χ1) is 10.7. The minimum absolute atomic E-state index is 0.763. The lowest BCUT2D eigenvalue weighted by molar-refractivity contribution is -0.303. The van der Waals surface area contributed by atoms with Crippen LogP contribution in [0.1, 0.15) is 22.2 Å². The van der Waals surface area contributed by atoms with Crippen LogP contribution >= 0.6 is 0 Å². The largest absolute Gasteiger partial charge is 0.478 e. The maximum Gasteiger partial charge on any atom is 0.421 e. The number of aliphatic hydroxyl groups is 1. The van der Waals surface area contributed by atoms with Crippen LogP contribution in [0, 0.1) is 0 Å². The summed E-state index contributed by atoms with van der Waals surface area (Å²) in [5.41, 5.74) is -1.59. The van der Waals surface area contributed by atoms with E-state index in [-0.39, 0.29) is 0 Å². The fourth-order valence-corrected chi connectivity index (χ4v) is 2.05. The number of halogens is 5. The summed E-state index contributed by atoms with van der Waals surface area (Å²) in [5.74, 6) is -1.71. The standard InChI is InChI=1S/C11H9F5O7S/c12-10(13,14)9(11(15,16)24(20,21)22)23-8(19)6-4-2-1-3-5(6)7(17)18/h1-4,8-9,19H,(H,17,18)(H,20,21,22). The van der Waals surface area contributed by atoms with Crippen LogP contribution < -0.4 is 0 Å². The molecule has 0 spiro atoms. The molecule has 0 radical (unpaired) electrons. The van der Waals surface area contributed by atoms with Crippen LogP contribution in [-0.4, -0.2) is 46.7 Å². The summed E-state index contributed by atoms with van der Waals surface area (Å²) < 4.78 is 97.6. The molecule has 1 aromatic rings. The highest BCUT2D eigenvalue weighted by atomic mass is 32.2. The fourth-order valence-electron chi connectivity index (χ4n) is 1.59. The van der Waals surface area contributed by atoms with E-state index >= 15 is 0 Å². The lowest BCUT2D eigenvalue weighted by atomic mass is 10.1. The summed E-state index contributed by atoms with van der Waals surface area (Å²) in [5, 5.41) is 12.5. The van der Waals surface area contributed by atoms with E-state index in [1.165, 1.54) is 0 Å². The van der Waals surface area contributed by atoms with Gasteiger partial charge in [0.2, 0.25) is 6.10 Å². The van der Waals surface area contributed by atoms with E-state index in [1.807, 2.05) is 0 Å². The second kappa shape index (κ2) is 6.58. The number of benzene rings is 1. The van der Waals surface area contributed by atoms with Crippen LogP contribution in [0.15, 0.2) is 24.3 Å². The molecule has 0 aliphatic rings. The second-order valence-electron chi connectivity index (χ2n) is 4.34. The molecule has 0 saturated carbocycles. The zero-order valence-corrected chi connectivity index (χ0v) is 12.1. The van der Waals surface area contributed by atoms with E-state index < -0.39 is 51.0 Å². The Morgan fingerprint density at radius 2 is 1.62 bits per heavy atom. The molecule has 0 fully saturated rings. The van der Waals surface area contributed by atoms with Gasteiger partial charge in [-0.25, -0.2) is 4.79 Å². The number of hydrogen-bond donors (Lipinski definition) is 3. The van der Waals surface area contributed by atoms with Crippen molar-refractivity contribution in [1.82, 2.24) is 0 Å². The Labute approximate surface area is 131 Å². The van der Waals surface area contributed by atoms with Crippen LogP contribution in [0.25, 0.3) is 0 Å². The highest BCUT2D eigenvalue weighted by molar-refractivity contribution is 7.86. The highest BCUT2D eigenvalue weighted by Gasteiger charge is 2.65. The average Bonchev–Trinajstić information content (AvgIpc) is 2.41. The van der Waals surface area contributed by atoms with Gasteiger partial charge in [-0.2, -0.15) is 30.4 Å². The van der Waals surface area contributed by atoms with Gasteiger partial charge in [0.25, 0.3) is 0 Å². The Morgan fingerprint density at radius 3 is 2.04 bits per heavy atom. The Morgan fingerprint density at radius 1 is 1.12 bits per heavy atom. The van der Waals surface area contributed by atoms with Crippen LogP contribution in [0.2, 0.25) is 0 Å². The summed E-state index contributed by atoms with van der Waals surface area (Å²) in [6.07, 6.45) is -13.3. The molecule has 0 aliphatic carbocycles. The molecule has 1 rings (SSSR count). The van der Waals surface area contributed by atoms with Gasteiger partial charge in [-0.15, -0.1) is 0 Å². The van der Waals surface area contributed by atoms with E-state index in [4.69, 9.17) is 9.66 Å². The van der Waals surface area contributed by atoms with Crippen molar-refractivity contribution in [2.24, 2.45) is 0 Å². The molecule has 2 atom stereocenters. The number of rotatable bonds is 6. The topological polar surface area (TPSA) is 121 Å². The number of carboxylic acid groups (broad SMARTS) is 1. The third-order valence-electron chi connectivity index (χ3n) is 2.67. The smallest absolute Gasteiger partial charge is 0.421 e. The van der Waals surface area contributed by atoms with Crippen molar-refractivity contribution in [3.63, 3.8) is 0 Å². The van der Waals surface area contributed by atoms with Crippen molar-refractivity contribution >= 4 is 16.1 Å². The lowest BCUT2D eigenvalue weighted by Crippen LogP contribution is -2.51. The number of ether oxygens (including phenoxy) is 1. The second-order valence-corrected chi connectivity index (χ2v) is 5.83. The Bertz CT molecular complexity index is 716. The van der Waals surface area contributed by atoms with Gasteiger partial charge in [0.1, 0.15) is 0 Å². The minimum atomic E-state index is -6.54. The zero-order valence-electron chi connectivity index (χ0n) is 11.2. The van der Waals surface area contributed by atoms with Gasteiger partial charge in [-0.1, -0.05) is 18.2 Å². The molecule has 0 amide bonds. The van der Waals surface area contributed by atoms with Crippen molar-refractivity contribution in [1.29, 1.82) is 0 Å². The summed E-state index contributed by atoms with van der Waals surface area (Å²) in [6.45, 7) is 0. The molecule has 136 valence electrons. The van der Waals surface area contributed by atoms with Crippen LogP contribution in [0.5, 0.6) is 0 Å². The molecule has 13 heteroatoms. The third-order valence-corrected chi connectivity index (χ3v) is 3.57. The van der Waals surface area contributed by atoms with Gasteiger partial charge < -0.3 is 14.9 Å². The van der Waals surface area contributed by atoms with Crippen molar-refractivity contribution in [2.45, 2.75) is 23.8 Å². The Kier molecular flexibility index (Phi) is 5.54. The quantitative estimate of drug-likeness (QED) is 0.391. The molecule has 0 aliphatic heterocycles. The lowest BCUT2D eigenvalue weighted by Gasteiger charge is -2.28. The SMILES string of the molecule is O=C(O)c1ccccc1C(O)OC(C(F)(F)F)C(F)(F)S(=O)(=O)O. The van der Waals surface area contributed by atoms with Crippen LogP contribution in [0.4, 0.5) is 22.0 Å². The normalized spacial score (nSPS) is 15.8. The van der Waals surface area contributed by atoms with E-state index in [9.17, 15) is 40.3 Å². The summed E-state index contributed by atoms with van der Waals surface area (Å²) in [4.78, 5) is 10.9. The molecule has 0 bridgehead atoms. The number of aromatic carboxylic acids is 1. The fraction of sp³-hybridized carbons (Fsp3) is 0.364. The van der Waals surface area contributed by atoms with Crippen molar-refractivity contribution in [2.75, 3.05) is 0 Å². The van der Waals surface area contributed by atoms with E-state index in [1.54, 1.807) is 0 Å². The highest BCUT2D eigenvalue weighted by Crippen LogP contribution is 2.40. The van der Waals surface area contributed by atoms with Gasteiger partial charge in [0.15, 0.2) is 6.29 Å². The van der Waals surface area contributed by atoms with Crippen molar-refractivity contribution < 1.29 is 54.7 Å². The van der Waals surface area contributed by atoms with Crippen molar-refractivity contribution in [3.8, 4) is 0 Å². The number of carbonyl (C=O) groups is 1. The molecule has 0 aromatic heterocycles. The molecule has 3 N–H and O–H groups in total. The predicted octanol–water partition coefficient (Wildman–Crippen LogP) is 1.80.